The molecule has 0 radical (unpaired) electrons. The van der Waals surface area contributed by atoms with Crippen LogP contribution in [-0.4, -0.2) is 20.8 Å². The maximum absolute atomic E-state index is 13.8. The Morgan fingerprint density at radius 3 is 2.00 bits per heavy atom. The molecule has 0 spiro atoms. The minimum Gasteiger partial charge on any atom is -0.394 e. The molecular formula is C30H29Cl2N3O3. The number of hydrogen-bond acceptors (Lipinski definition) is 4. The molecule has 0 aliphatic carbocycles. The summed E-state index contributed by atoms with van der Waals surface area (Å²) in [5.41, 5.74) is 1.74. The monoisotopic (exact) mass is 549 g/mol. The van der Waals surface area contributed by atoms with E-state index < -0.39 is 23.3 Å². The molecule has 2 N–H and O–H groups in total. The van der Waals surface area contributed by atoms with Gasteiger partial charge in [0.15, 0.2) is 0 Å². The van der Waals surface area contributed by atoms with Gasteiger partial charge in [-0.25, -0.2) is 4.79 Å². The van der Waals surface area contributed by atoms with E-state index in [1.807, 2.05) is 54.6 Å². The van der Waals surface area contributed by atoms with Crippen LogP contribution in [0.4, 0.5) is 0 Å². The molecule has 0 amide bonds. The fourth-order valence-corrected chi connectivity index (χ4v) is 4.80. The van der Waals surface area contributed by atoms with Gasteiger partial charge in [0, 0.05) is 22.3 Å². The summed E-state index contributed by atoms with van der Waals surface area (Å²) >= 11 is 12.8. The van der Waals surface area contributed by atoms with Gasteiger partial charge in [0.2, 0.25) is 0 Å². The fourth-order valence-electron chi connectivity index (χ4n) is 4.41. The highest BCUT2D eigenvalue weighted by Gasteiger charge is 2.23. The molecule has 0 bridgehead atoms. The normalized spacial score (nSPS) is 12.7. The number of aliphatic hydroxyl groups excluding tert-OH is 1. The number of aliphatic hydroxyl groups is 1. The second kappa shape index (κ2) is 12.9. The lowest BCUT2D eigenvalue weighted by molar-refractivity contribution is 0.232. The first-order chi connectivity index (χ1) is 18.4. The van der Waals surface area contributed by atoms with Crippen molar-refractivity contribution in [3.63, 3.8) is 0 Å². The Morgan fingerprint density at radius 2 is 1.42 bits per heavy atom. The zero-order valence-electron chi connectivity index (χ0n) is 20.8. The fraction of sp³-hybridized carbons (Fsp3) is 0.200. The zero-order chi connectivity index (χ0) is 27.1. The van der Waals surface area contributed by atoms with Crippen LogP contribution in [0.15, 0.2) is 107 Å². The highest BCUT2D eigenvalue weighted by Crippen LogP contribution is 2.22. The molecule has 6 nitrogen and oxygen atoms in total. The van der Waals surface area contributed by atoms with Gasteiger partial charge in [-0.05, 0) is 35.2 Å². The molecule has 0 aliphatic heterocycles. The standard InChI is InChI=1S/C30H29Cl2N3O3/c1-2-10-27(33-28(20-36)21-11-4-3-5-12-21)24-19-34(17-22-13-6-8-15-25(22)31)30(38)35(29(24)37)18-23-14-7-9-16-26(23)32/h2-9,11-16,19,27-28,33,36H,1,10,17-18,20H2/t27-,28+/m0/s1. The number of halogens is 2. The van der Waals surface area contributed by atoms with Gasteiger partial charge in [-0.1, -0.05) is 96.0 Å². The van der Waals surface area contributed by atoms with Crippen LogP contribution < -0.4 is 16.6 Å². The molecule has 0 unspecified atom stereocenters. The number of benzene rings is 3. The van der Waals surface area contributed by atoms with Crippen LogP contribution in [0.1, 0.15) is 40.8 Å². The molecule has 0 fully saturated rings. The summed E-state index contributed by atoms with van der Waals surface area (Å²) < 4.78 is 2.69. The molecule has 2 atom stereocenters. The Labute approximate surface area is 231 Å². The molecule has 0 saturated heterocycles. The number of aromatic nitrogens is 2. The lowest BCUT2D eigenvalue weighted by atomic mass is 10.0. The first-order valence-corrected chi connectivity index (χ1v) is 13.0. The van der Waals surface area contributed by atoms with Crippen molar-refractivity contribution in [1.29, 1.82) is 0 Å². The van der Waals surface area contributed by atoms with Gasteiger partial charge >= 0.3 is 5.69 Å². The van der Waals surface area contributed by atoms with Crippen molar-refractivity contribution >= 4 is 23.2 Å². The van der Waals surface area contributed by atoms with E-state index in [0.29, 0.717) is 27.6 Å². The smallest absolute Gasteiger partial charge is 0.331 e. The molecular weight excluding hydrogens is 521 g/mol. The molecule has 3 aromatic carbocycles. The van der Waals surface area contributed by atoms with Crippen LogP contribution in [0.3, 0.4) is 0 Å². The van der Waals surface area contributed by atoms with Gasteiger partial charge in [-0.15, -0.1) is 6.58 Å². The van der Waals surface area contributed by atoms with Crippen LogP contribution in [0.2, 0.25) is 10.0 Å². The largest absolute Gasteiger partial charge is 0.394 e. The molecule has 196 valence electrons. The van der Waals surface area contributed by atoms with Crippen molar-refractivity contribution < 1.29 is 5.11 Å². The molecule has 1 heterocycles. The molecule has 1 aromatic heterocycles. The van der Waals surface area contributed by atoms with Gasteiger partial charge in [-0.3, -0.25) is 13.9 Å². The predicted octanol–water partition coefficient (Wildman–Crippen LogP) is 5.35. The second-order valence-electron chi connectivity index (χ2n) is 8.96. The second-order valence-corrected chi connectivity index (χ2v) is 9.77. The topological polar surface area (TPSA) is 76.3 Å². The van der Waals surface area contributed by atoms with E-state index in [-0.39, 0.29) is 19.7 Å². The van der Waals surface area contributed by atoms with Crippen molar-refractivity contribution in [1.82, 2.24) is 14.5 Å². The highest BCUT2D eigenvalue weighted by atomic mass is 35.5. The Kier molecular flexibility index (Phi) is 9.37. The highest BCUT2D eigenvalue weighted by molar-refractivity contribution is 6.31. The van der Waals surface area contributed by atoms with Crippen molar-refractivity contribution in [2.45, 2.75) is 31.6 Å². The molecule has 4 rings (SSSR count). The summed E-state index contributed by atoms with van der Waals surface area (Å²) in [6.45, 7) is 3.88. The SMILES string of the molecule is C=CC[C@H](N[C@H](CO)c1ccccc1)c1cn(Cc2ccccc2Cl)c(=O)n(Cc2ccccc2Cl)c1=O. The van der Waals surface area contributed by atoms with E-state index >= 15 is 0 Å². The average molecular weight is 550 g/mol. The Morgan fingerprint density at radius 1 is 0.842 bits per heavy atom. The van der Waals surface area contributed by atoms with Crippen molar-refractivity contribution in [2.24, 2.45) is 0 Å². The minimum absolute atomic E-state index is 0.0105. The summed E-state index contributed by atoms with van der Waals surface area (Å²) in [6, 6.07) is 22.9. The number of hydrogen-bond donors (Lipinski definition) is 2. The summed E-state index contributed by atoms with van der Waals surface area (Å²) in [5.74, 6) is 0. The van der Waals surface area contributed by atoms with Crippen LogP contribution in [0.5, 0.6) is 0 Å². The maximum Gasteiger partial charge on any atom is 0.331 e. The number of nitrogens with one attached hydrogen (secondary N) is 1. The van der Waals surface area contributed by atoms with Crippen LogP contribution in [0.25, 0.3) is 0 Å². The summed E-state index contributed by atoms with van der Waals surface area (Å²) in [4.78, 5) is 27.5. The van der Waals surface area contributed by atoms with E-state index in [0.717, 1.165) is 11.1 Å². The lowest BCUT2D eigenvalue weighted by Gasteiger charge is -2.25. The predicted molar refractivity (Wildman–Crippen MR) is 153 cm³/mol. The third-order valence-electron chi connectivity index (χ3n) is 6.41. The van der Waals surface area contributed by atoms with Crippen molar-refractivity contribution in [3.05, 3.63) is 151 Å². The Hall–Kier alpha value is -3.42. The van der Waals surface area contributed by atoms with E-state index in [1.54, 1.807) is 36.5 Å². The average Bonchev–Trinajstić information content (AvgIpc) is 2.93. The van der Waals surface area contributed by atoms with Crippen molar-refractivity contribution in [3.8, 4) is 0 Å². The summed E-state index contributed by atoms with van der Waals surface area (Å²) in [7, 11) is 0. The lowest BCUT2D eigenvalue weighted by Crippen LogP contribution is -2.44. The quantitative estimate of drug-likeness (QED) is 0.247. The van der Waals surface area contributed by atoms with Crippen LogP contribution in [0, 0.1) is 0 Å². The Balaban J connectivity index is 1.84. The van der Waals surface area contributed by atoms with E-state index in [9.17, 15) is 14.7 Å². The molecule has 8 heteroatoms. The third-order valence-corrected chi connectivity index (χ3v) is 7.15. The minimum atomic E-state index is -0.520. The van der Waals surface area contributed by atoms with Gasteiger partial charge in [0.05, 0.1) is 31.3 Å². The summed E-state index contributed by atoms with van der Waals surface area (Å²) in [6.07, 6.45) is 3.69. The first kappa shape index (κ1) is 27.6. The summed E-state index contributed by atoms with van der Waals surface area (Å²) in [5, 5.41) is 14.5. The number of nitrogens with zero attached hydrogens (tertiary/aromatic N) is 2. The van der Waals surface area contributed by atoms with Gasteiger partial charge in [-0.2, -0.15) is 0 Å². The third kappa shape index (κ3) is 6.34. The molecule has 4 aromatic rings. The van der Waals surface area contributed by atoms with E-state index in [2.05, 4.69) is 11.9 Å². The van der Waals surface area contributed by atoms with E-state index in [1.165, 1.54) is 9.13 Å². The van der Waals surface area contributed by atoms with Gasteiger partial charge in [0.25, 0.3) is 5.56 Å². The molecule has 38 heavy (non-hydrogen) atoms. The maximum atomic E-state index is 13.8. The van der Waals surface area contributed by atoms with E-state index in [4.69, 9.17) is 23.2 Å². The van der Waals surface area contributed by atoms with Gasteiger partial charge < -0.3 is 10.4 Å². The van der Waals surface area contributed by atoms with Crippen molar-refractivity contribution in [2.75, 3.05) is 6.61 Å². The van der Waals surface area contributed by atoms with Crippen LogP contribution in [-0.2, 0) is 13.1 Å². The Bertz CT molecular complexity index is 1520. The van der Waals surface area contributed by atoms with Crippen LogP contribution >= 0.6 is 23.2 Å². The first-order valence-electron chi connectivity index (χ1n) is 12.3. The molecule has 0 aliphatic rings. The van der Waals surface area contributed by atoms with Gasteiger partial charge in [0.1, 0.15) is 0 Å². The zero-order valence-corrected chi connectivity index (χ0v) is 22.3. The number of rotatable bonds is 11. The molecule has 0 saturated carbocycles.